The fourth-order valence-electron chi connectivity index (χ4n) is 1.87. The summed E-state index contributed by atoms with van der Waals surface area (Å²) >= 11 is 3.35. The van der Waals surface area contributed by atoms with Crippen LogP contribution < -0.4 is 14.2 Å². The molecule has 0 aromatic heterocycles. The maximum atomic E-state index is 12.5. The van der Waals surface area contributed by atoms with Gasteiger partial charge < -0.3 is 19.1 Å². The van der Waals surface area contributed by atoms with Crippen LogP contribution in [0.5, 0.6) is 17.2 Å². The third-order valence-electron chi connectivity index (χ3n) is 2.96. The molecule has 1 aromatic rings. The number of methoxy groups -OCH3 is 3. The minimum absolute atomic E-state index is 0.0928. The van der Waals surface area contributed by atoms with E-state index in [1.165, 1.54) is 14.2 Å². The van der Waals surface area contributed by atoms with Crippen molar-refractivity contribution in [3.8, 4) is 17.2 Å². The van der Waals surface area contributed by atoms with E-state index in [-0.39, 0.29) is 5.91 Å². The van der Waals surface area contributed by atoms with E-state index in [0.717, 1.165) is 5.33 Å². The van der Waals surface area contributed by atoms with E-state index in [9.17, 15) is 4.79 Å². The molecule has 0 atom stereocenters. The van der Waals surface area contributed by atoms with Gasteiger partial charge in [0, 0.05) is 30.6 Å². The Kier molecular flexibility index (Phi) is 6.64. The van der Waals surface area contributed by atoms with Gasteiger partial charge in [0.25, 0.3) is 5.91 Å². The van der Waals surface area contributed by atoms with Crippen LogP contribution in [0.25, 0.3) is 0 Å². The molecular formula is C14H20BrNO4. The molecule has 0 bridgehead atoms. The monoisotopic (exact) mass is 345 g/mol. The standard InChI is InChI=1S/C14H20BrNO4/c1-5-16(7-6-15)14(17)10-8-12(19-3)13(20-4)9-11(10)18-2/h8-9H,5-7H2,1-4H3. The van der Waals surface area contributed by atoms with E-state index in [1.54, 1.807) is 24.1 Å². The third-order valence-corrected chi connectivity index (χ3v) is 3.31. The number of nitrogens with zero attached hydrogens (tertiary/aromatic N) is 1. The lowest BCUT2D eigenvalue weighted by Gasteiger charge is -2.21. The second kappa shape index (κ2) is 7.99. The van der Waals surface area contributed by atoms with Crippen LogP contribution in [-0.2, 0) is 0 Å². The smallest absolute Gasteiger partial charge is 0.257 e. The second-order valence-electron chi connectivity index (χ2n) is 3.98. The molecule has 0 saturated heterocycles. The van der Waals surface area contributed by atoms with E-state index in [0.29, 0.717) is 35.9 Å². The van der Waals surface area contributed by atoms with Gasteiger partial charge in [0.05, 0.1) is 26.9 Å². The highest BCUT2D eigenvalue weighted by atomic mass is 79.9. The van der Waals surface area contributed by atoms with Gasteiger partial charge in [0.15, 0.2) is 11.5 Å². The maximum absolute atomic E-state index is 12.5. The minimum Gasteiger partial charge on any atom is -0.496 e. The first-order valence-electron chi connectivity index (χ1n) is 6.28. The van der Waals surface area contributed by atoms with Crippen molar-refractivity contribution >= 4 is 21.8 Å². The Morgan fingerprint density at radius 3 is 2.10 bits per heavy atom. The Labute approximate surface area is 127 Å². The predicted molar refractivity (Wildman–Crippen MR) is 81.5 cm³/mol. The molecule has 112 valence electrons. The molecule has 0 aliphatic rings. The van der Waals surface area contributed by atoms with Crippen LogP contribution in [0.3, 0.4) is 0 Å². The second-order valence-corrected chi connectivity index (χ2v) is 4.77. The number of ether oxygens (including phenoxy) is 3. The highest BCUT2D eigenvalue weighted by Crippen LogP contribution is 2.35. The molecule has 0 N–H and O–H groups in total. The zero-order valence-corrected chi connectivity index (χ0v) is 13.8. The van der Waals surface area contributed by atoms with Gasteiger partial charge in [-0.15, -0.1) is 0 Å². The summed E-state index contributed by atoms with van der Waals surface area (Å²) in [5.41, 5.74) is 0.466. The van der Waals surface area contributed by atoms with E-state index in [4.69, 9.17) is 14.2 Å². The summed E-state index contributed by atoms with van der Waals surface area (Å²) in [5, 5.41) is 0.724. The molecule has 1 aromatic carbocycles. The highest BCUT2D eigenvalue weighted by Gasteiger charge is 2.21. The van der Waals surface area contributed by atoms with Gasteiger partial charge in [-0.1, -0.05) is 15.9 Å². The van der Waals surface area contributed by atoms with Crippen molar-refractivity contribution in [2.45, 2.75) is 6.92 Å². The van der Waals surface area contributed by atoms with E-state index in [1.807, 2.05) is 6.92 Å². The van der Waals surface area contributed by atoms with Crippen molar-refractivity contribution in [1.29, 1.82) is 0 Å². The van der Waals surface area contributed by atoms with Gasteiger partial charge in [0.2, 0.25) is 0 Å². The van der Waals surface area contributed by atoms with Gasteiger partial charge in [-0.2, -0.15) is 0 Å². The first-order chi connectivity index (χ1) is 9.62. The molecule has 6 heteroatoms. The van der Waals surface area contributed by atoms with Crippen molar-refractivity contribution in [2.24, 2.45) is 0 Å². The molecule has 0 aliphatic carbocycles. The Hall–Kier alpha value is -1.43. The fraction of sp³-hybridized carbons (Fsp3) is 0.500. The summed E-state index contributed by atoms with van der Waals surface area (Å²) in [7, 11) is 4.61. The number of hydrogen-bond acceptors (Lipinski definition) is 4. The number of carbonyl (C=O) groups is 1. The average molecular weight is 346 g/mol. The van der Waals surface area contributed by atoms with E-state index in [2.05, 4.69) is 15.9 Å². The van der Waals surface area contributed by atoms with Crippen molar-refractivity contribution < 1.29 is 19.0 Å². The molecule has 0 heterocycles. The van der Waals surface area contributed by atoms with E-state index >= 15 is 0 Å². The number of alkyl halides is 1. The van der Waals surface area contributed by atoms with Gasteiger partial charge >= 0.3 is 0 Å². The number of hydrogen-bond donors (Lipinski definition) is 0. The summed E-state index contributed by atoms with van der Waals surface area (Å²) in [4.78, 5) is 14.3. The first kappa shape index (κ1) is 16.6. The summed E-state index contributed by atoms with van der Waals surface area (Å²) in [6.07, 6.45) is 0. The van der Waals surface area contributed by atoms with E-state index < -0.39 is 0 Å². The number of carbonyl (C=O) groups excluding carboxylic acids is 1. The number of amides is 1. The highest BCUT2D eigenvalue weighted by molar-refractivity contribution is 9.09. The molecule has 0 saturated carbocycles. The molecule has 0 aliphatic heterocycles. The zero-order chi connectivity index (χ0) is 15.1. The maximum Gasteiger partial charge on any atom is 0.257 e. The van der Waals surface area contributed by atoms with Gasteiger partial charge in [-0.05, 0) is 6.92 Å². The summed E-state index contributed by atoms with van der Waals surface area (Å²) < 4.78 is 15.7. The number of rotatable bonds is 7. The quantitative estimate of drug-likeness (QED) is 0.712. The molecule has 0 unspecified atom stereocenters. The molecule has 0 spiro atoms. The average Bonchev–Trinajstić information content (AvgIpc) is 2.50. The van der Waals surface area contributed by atoms with Crippen molar-refractivity contribution in [3.05, 3.63) is 17.7 Å². The fourth-order valence-corrected chi connectivity index (χ4v) is 2.30. The first-order valence-corrected chi connectivity index (χ1v) is 7.40. The lowest BCUT2D eigenvalue weighted by molar-refractivity contribution is 0.0771. The molecule has 5 nitrogen and oxygen atoms in total. The van der Waals surface area contributed by atoms with Crippen LogP contribution in [0.4, 0.5) is 0 Å². The molecule has 1 rings (SSSR count). The van der Waals surface area contributed by atoms with Crippen LogP contribution in [-0.4, -0.2) is 50.6 Å². The zero-order valence-electron chi connectivity index (χ0n) is 12.2. The normalized spacial score (nSPS) is 10.1. The number of halogens is 1. The summed E-state index contributed by atoms with van der Waals surface area (Å²) in [6, 6.07) is 3.31. The van der Waals surface area contributed by atoms with Gasteiger partial charge in [-0.25, -0.2) is 0 Å². The molecular weight excluding hydrogens is 326 g/mol. The van der Waals surface area contributed by atoms with Gasteiger partial charge in [0.1, 0.15) is 5.75 Å². The summed E-state index contributed by atoms with van der Waals surface area (Å²) in [5.74, 6) is 1.42. The Morgan fingerprint density at radius 2 is 1.65 bits per heavy atom. The number of benzene rings is 1. The molecule has 0 radical (unpaired) electrons. The predicted octanol–water partition coefficient (Wildman–Crippen LogP) is 2.57. The van der Waals surface area contributed by atoms with Crippen molar-refractivity contribution in [3.63, 3.8) is 0 Å². The largest absolute Gasteiger partial charge is 0.496 e. The summed E-state index contributed by atoms with van der Waals surface area (Å²) in [6.45, 7) is 3.20. The van der Waals surface area contributed by atoms with Crippen LogP contribution in [0.2, 0.25) is 0 Å². The van der Waals surface area contributed by atoms with Crippen molar-refractivity contribution in [2.75, 3.05) is 39.7 Å². The van der Waals surface area contributed by atoms with Crippen LogP contribution in [0.1, 0.15) is 17.3 Å². The third kappa shape index (κ3) is 3.56. The lowest BCUT2D eigenvalue weighted by atomic mass is 10.1. The lowest BCUT2D eigenvalue weighted by Crippen LogP contribution is -2.32. The topological polar surface area (TPSA) is 48.0 Å². The van der Waals surface area contributed by atoms with Crippen LogP contribution in [0.15, 0.2) is 12.1 Å². The van der Waals surface area contributed by atoms with Crippen LogP contribution >= 0.6 is 15.9 Å². The Balaban J connectivity index is 3.24. The molecule has 1 amide bonds. The van der Waals surface area contributed by atoms with Gasteiger partial charge in [-0.3, -0.25) is 4.79 Å². The van der Waals surface area contributed by atoms with Crippen LogP contribution in [0, 0.1) is 0 Å². The minimum atomic E-state index is -0.0928. The SMILES string of the molecule is CCN(CCBr)C(=O)c1cc(OC)c(OC)cc1OC. The van der Waals surface area contributed by atoms with Crippen molar-refractivity contribution in [1.82, 2.24) is 4.90 Å². The molecule has 0 fully saturated rings. The molecule has 20 heavy (non-hydrogen) atoms. The Morgan fingerprint density at radius 1 is 1.10 bits per heavy atom. The Bertz CT molecular complexity index is 465.